The molecular formula is C19H26OSi. The van der Waals surface area contributed by atoms with Gasteiger partial charge in [0.15, 0.2) is 8.32 Å². The summed E-state index contributed by atoms with van der Waals surface area (Å²) in [7, 11) is -2.27. The summed E-state index contributed by atoms with van der Waals surface area (Å²) >= 11 is 0. The molecule has 0 radical (unpaired) electrons. The van der Waals surface area contributed by atoms with Gasteiger partial charge in [-0.2, -0.15) is 0 Å². The molecule has 0 fully saturated rings. The first-order valence-electron chi connectivity index (χ1n) is 7.80. The second-order valence-electron chi connectivity index (χ2n) is 6.54. The Hall–Kier alpha value is -1.38. The van der Waals surface area contributed by atoms with E-state index in [4.69, 9.17) is 0 Å². The molecule has 2 aromatic rings. The van der Waals surface area contributed by atoms with Gasteiger partial charge in [0.2, 0.25) is 0 Å². The van der Waals surface area contributed by atoms with Crippen LogP contribution in [0.1, 0.15) is 33.3 Å². The maximum atomic E-state index is 11.1. The highest BCUT2D eigenvalue weighted by Gasteiger charge is 2.38. The van der Waals surface area contributed by atoms with Crippen LogP contribution >= 0.6 is 0 Å². The lowest BCUT2D eigenvalue weighted by molar-refractivity contribution is 0.490. The molecule has 2 heteroatoms. The van der Waals surface area contributed by atoms with E-state index in [0.717, 1.165) is 6.04 Å². The molecule has 0 bridgehead atoms. The van der Waals surface area contributed by atoms with Crippen molar-refractivity contribution < 1.29 is 4.80 Å². The molecule has 0 spiro atoms. The van der Waals surface area contributed by atoms with E-state index in [1.807, 2.05) is 6.07 Å². The minimum atomic E-state index is -2.27. The van der Waals surface area contributed by atoms with Crippen LogP contribution in [0.15, 0.2) is 54.6 Å². The van der Waals surface area contributed by atoms with Crippen molar-refractivity contribution in [3.8, 4) is 11.1 Å². The van der Waals surface area contributed by atoms with Crippen molar-refractivity contribution in [1.82, 2.24) is 0 Å². The fraction of sp³-hybridized carbons (Fsp3) is 0.368. The maximum Gasteiger partial charge on any atom is 0.197 e. The van der Waals surface area contributed by atoms with Gasteiger partial charge in [-0.1, -0.05) is 82.3 Å². The van der Waals surface area contributed by atoms with E-state index in [1.54, 1.807) is 0 Å². The Morgan fingerprint density at radius 1 is 0.810 bits per heavy atom. The lowest BCUT2D eigenvalue weighted by Gasteiger charge is -2.33. The molecule has 0 saturated heterocycles. The Kier molecular flexibility index (Phi) is 5.02. The lowest BCUT2D eigenvalue weighted by atomic mass is 10.0. The van der Waals surface area contributed by atoms with Crippen LogP contribution in [-0.4, -0.2) is 13.1 Å². The van der Waals surface area contributed by atoms with E-state index in [9.17, 15) is 4.80 Å². The van der Waals surface area contributed by atoms with Crippen LogP contribution in [0.25, 0.3) is 11.1 Å². The fourth-order valence-electron chi connectivity index (χ4n) is 2.89. The zero-order valence-corrected chi connectivity index (χ0v) is 14.5. The van der Waals surface area contributed by atoms with Crippen LogP contribution in [0.2, 0.25) is 11.1 Å². The topological polar surface area (TPSA) is 20.2 Å². The predicted octanol–water partition coefficient (Wildman–Crippen LogP) is 5.19. The zero-order chi connectivity index (χ0) is 15.5. The quantitative estimate of drug-likeness (QED) is 0.753. The van der Waals surface area contributed by atoms with Gasteiger partial charge in [0, 0.05) is 0 Å². The normalized spacial score (nSPS) is 12.1. The Bertz CT molecular complexity index is 567. The highest BCUT2D eigenvalue weighted by atomic mass is 28.4. The van der Waals surface area contributed by atoms with Crippen molar-refractivity contribution in [3.05, 3.63) is 60.2 Å². The molecule has 1 nitrogen and oxygen atoms in total. The second kappa shape index (κ2) is 6.59. The minimum absolute atomic E-state index is 0.373. The van der Waals surface area contributed by atoms with Crippen LogP contribution in [0.3, 0.4) is 0 Å². The Morgan fingerprint density at radius 3 is 1.95 bits per heavy atom. The third-order valence-electron chi connectivity index (χ3n) is 4.52. The van der Waals surface area contributed by atoms with Gasteiger partial charge in [0.05, 0.1) is 0 Å². The van der Waals surface area contributed by atoms with E-state index >= 15 is 0 Å². The molecule has 0 heterocycles. The van der Waals surface area contributed by atoms with Crippen LogP contribution in [0, 0.1) is 0 Å². The first-order chi connectivity index (χ1) is 9.93. The van der Waals surface area contributed by atoms with Gasteiger partial charge < -0.3 is 4.80 Å². The molecule has 0 atom stereocenters. The van der Waals surface area contributed by atoms with Crippen LogP contribution in [0.5, 0.6) is 0 Å². The molecule has 2 rings (SSSR count). The molecule has 0 unspecified atom stereocenters. The number of hydrogen-bond acceptors (Lipinski definition) is 1. The SMILES string of the molecule is CC(C)[Si](O)(Cc1cccc(-c2ccccc2)c1)C(C)C. The summed E-state index contributed by atoms with van der Waals surface area (Å²) in [5, 5.41) is 0. The van der Waals surface area contributed by atoms with E-state index < -0.39 is 8.32 Å². The van der Waals surface area contributed by atoms with Gasteiger partial charge in [0.1, 0.15) is 0 Å². The molecule has 21 heavy (non-hydrogen) atoms. The summed E-state index contributed by atoms with van der Waals surface area (Å²) in [6.45, 7) is 8.64. The fourth-order valence-corrected chi connectivity index (χ4v) is 5.92. The van der Waals surface area contributed by atoms with Gasteiger partial charge in [-0.05, 0) is 33.8 Å². The van der Waals surface area contributed by atoms with Gasteiger partial charge in [-0.3, -0.25) is 0 Å². The van der Waals surface area contributed by atoms with Crippen molar-refractivity contribution in [1.29, 1.82) is 0 Å². The second-order valence-corrected chi connectivity index (χ2v) is 11.2. The summed E-state index contributed by atoms with van der Waals surface area (Å²) in [6.07, 6.45) is 0. The average molecular weight is 299 g/mol. The molecule has 0 aliphatic carbocycles. The summed E-state index contributed by atoms with van der Waals surface area (Å²) < 4.78 is 0. The summed E-state index contributed by atoms with van der Waals surface area (Å²) in [5.74, 6) is 0. The average Bonchev–Trinajstić information content (AvgIpc) is 2.48. The van der Waals surface area contributed by atoms with Crippen LogP contribution in [-0.2, 0) is 6.04 Å². The largest absolute Gasteiger partial charge is 0.431 e. The van der Waals surface area contributed by atoms with Gasteiger partial charge in [-0.15, -0.1) is 0 Å². The Labute approximate surface area is 129 Å². The lowest BCUT2D eigenvalue weighted by Crippen LogP contribution is -2.44. The molecule has 0 saturated carbocycles. The summed E-state index contributed by atoms with van der Waals surface area (Å²) in [4.78, 5) is 11.1. The number of rotatable bonds is 5. The number of hydrogen-bond donors (Lipinski definition) is 1. The Balaban J connectivity index is 2.30. The first-order valence-corrected chi connectivity index (χ1v) is 10.1. The van der Waals surface area contributed by atoms with E-state index in [2.05, 4.69) is 76.2 Å². The monoisotopic (exact) mass is 298 g/mol. The standard InChI is InChI=1S/C19H26OSi/c1-15(2)21(20,16(3)4)14-17-9-8-12-19(13-17)18-10-6-5-7-11-18/h5-13,15-16,20H,14H2,1-4H3. The third-order valence-corrected chi connectivity index (χ3v) is 9.49. The predicted molar refractivity (Wildman–Crippen MR) is 93.8 cm³/mol. The minimum Gasteiger partial charge on any atom is -0.431 e. The van der Waals surface area contributed by atoms with Crippen molar-refractivity contribution in [2.24, 2.45) is 0 Å². The zero-order valence-electron chi connectivity index (χ0n) is 13.5. The van der Waals surface area contributed by atoms with Crippen LogP contribution < -0.4 is 0 Å². The van der Waals surface area contributed by atoms with Crippen molar-refractivity contribution in [3.63, 3.8) is 0 Å². The highest BCUT2D eigenvalue weighted by Crippen LogP contribution is 2.33. The van der Waals surface area contributed by atoms with Gasteiger partial charge in [0.25, 0.3) is 0 Å². The van der Waals surface area contributed by atoms with Crippen molar-refractivity contribution in [2.75, 3.05) is 0 Å². The molecule has 112 valence electrons. The summed E-state index contributed by atoms with van der Waals surface area (Å²) in [5.41, 5.74) is 4.47. The summed E-state index contributed by atoms with van der Waals surface area (Å²) in [6, 6.07) is 19.9. The smallest absolute Gasteiger partial charge is 0.197 e. The molecule has 0 aromatic heterocycles. The highest BCUT2D eigenvalue weighted by molar-refractivity contribution is 6.74. The maximum absolute atomic E-state index is 11.1. The Morgan fingerprint density at radius 2 is 1.38 bits per heavy atom. The van der Waals surface area contributed by atoms with E-state index in [0.29, 0.717) is 11.1 Å². The van der Waals surface area contributed by atoms with Crippen molar-refractivity contribution in [2.45, 2.75) is 44.8 Å². The number of benzene rings is 2. The van der Waals surface area contributed by atoms with E-state index in [1.165, 1.54) is 16.7 Å². The third kappa shape index (κ3) is 3.63. The van der Waals surface area contributed by atoms with E-state index in [-0.39, 0.29) is 0 Å². The molecule has 0 amide bonds. The molecule has 2 aromatic carbocycles. The molecule has 0 aliphatic heterocycles. The first kappa shape index (κ1) is 16.0. The molecule has 0 aliphatic rings. The van der Waals surface area contributed by atoms with Crippen molar-refractivity contribution >= 4 is 8.32 Å². The van der Waals surface area contributed by atoms with Crippen LogP contribution in [0.4, 0.5) is 0 Å². The molecule has 1 N–H and O–H groups in total. The molecular weight excluding hydrogens is 272 g/mol. The van der Waals surface area contributed by atoms with Gasteiger partial charge >= 0.3 is 0 Å². The van der Waals surface area contributed by atoms with Gasteiger partial charge in [-0.25, -0.2) is 0 Å².